The Bertz CT molecular complexity index is 1020. The third-order valence-corrected chi connectivity index (χ3v) is 4.13. The van der Waals surface area contributed by atoms with E-state index in [0.29, 0.717) is 11.7 Å². The van der Waals surface area contributed by atoms with E-state index in [2.05, 4.69) is 51.6 Å². The van der Waals surface area contributed by atoms with Crippen LogP contribution in [-0.2, 0) is 6.54 Å². The molecular weight excluding hydrogens is 298 g/mol. The molecule has 0 atom stereocenters. The number of nitrogen functional groups attached to an aromatic ring is 1. The average molecular weight is 317 g/mol. The van der Waals surface area contributed by atoms with Gasteiger partial charge in [-0.05, 0) is 29.7 Å². The number of aromatic nitrogens is 4. The van der Waals surface area contributed by atoms with E-state index >= 15 is 0 Å². The molecule has 3 aromatic heterocycles. The zero-order valence-electron chi connectivity index (χ0n) is 13.8. The minimum atomic E-state index is 0.481. The summed E-state index contributed by atoms with van der Waals surface area (Å²) >= 11 is 0. The van der Waals surface area contributed by atoms with Gasteiger partial charge in [0.15, 0.2) is 5.82 Å². The van der Waals surface area contributed by atoms with Crippen LogP contribution in [0.15, 0.2) is 49.1 Å². The second-order valence-corrected chi connectivity index (χ2v) is 6.46. The van der Waals surface area contributed by atoms with Crippen LogP contribution in [0.2, 0.25) is 0 Å². The minimum absolute atomic E-state index is 0.481. The number of nitrogens with two attached hydrogens (primary N) is 1. The summed E-state index contributed by atoms with van der Waals surface area (Å²) in [6.45, 7) is 5.28. The van der Waals surface area contributed by atoms with Crippen molar-refractivity contribution in [3.63, 3.8) is 0 Å². The van der Waals surface area contributed by atoms with Crippen molar-refractivity contribution >= 4 is 27.8 Å². The van der Waals surface area contributed by atoms with Gasteiger partial charge >= 0.3 is 0 Å². The van der Waals surface area contributed by atoms with E-state index in [-0.39, 0.29) is 0 Å². The summed E-state index contributed by atoms with van der Waals surface area (Å²) in [6.07, 6.45) is 5.51. The number of anilines is 1. The molecule has 0 spiro atoms. The number of fused-ring (bicyclic) bond motifs is 3. The van der Waals surface area contributed by atoms with Crippen LogP contribution in [0.5, 0.6) is 0 Å². The molecule has 120 valence electrons. The highest BCUT2D eigenvalue weighted by Crippen LogP contribution is 2.31. The fraction of sp³-hybridized carbons (Fsp3) is 0.211. The fourth-order valence-electron chi connectivity index (χ4n) is 3.10. The molecule has 5 heteroatoms. The molecule has 24 heavy (non-hydrogen) atoms. The molecule has 2 N–H and O–H groups in total. The van der Waals surface area contributed by atoms with Crippen LogP contribution < -0.4 is 5.73 Å². The van der Waals surface area contributed by atoms with Crippen LogP contribution in [0.1, 0.15) is 13.8 Å². The lowest BCUT2D eigenvalue weighted by Crippen LogP contribution is -2.03. The molecule has 5 nitrogen and oxygen atoms in total. The van der Waals surface area contributed by atoms with Crippen LogP contribution in [0, 0.1) is 5.92 Å². The van der Waals surface area contributed by atoms with Crippen molar-refractivity contribution in [1.82, 2.24) is 19.5 Å². The summed E-state index contributed by atoms with van der Waals surface area (Å²) in [5.41, 5.74) is 11.0. The third kappa shape index (κ3) is 2.38. The first-order chi connectivity index (χ1) is 11.6. The molecule has 3 heterocycles. The molecule has 0 unspecified atom stereocenters. The van der Waals surface area contributed by atoms with E-state index in [1.54, 1.807) is 6.20 Å². The van der Waals surface area contributed by atoms with Gasteiger partial charge in [0, 0.05) is 29.9 Å². The van der Waals surface area contributed by atoms with Gasteiger partial charge in [-0.15, -0.1) is 0 Å². The van der Waals surface area contributed by atoms with Crippen molar-refractivity contribution in [3.8, 4) is 11.1 Å². The second-order valence-electron chi connectivity index (χ2n) is 6.46. The summed E-state index contributed by atoms with van der Waals surface area (Å²) in [4.78, 5) is 13.2. The Labute approximate surface area is 140 Å². The lowest BCUT2D eigenvalue weighted by molar-refractivity contribution is 0.533. The zero-order valence-corrected chi connectivity index (χ0v) is 13.8. The lowest BCUT2D eigenvalue weighted by Gasteiger charge is -2.11. The minimum Gasteiger partial charge on any atom is -0.382 e. The molecule has 0 aliphatic carbocycles. The van der Waals surface area contributed by atoms with Crippen molar-refractivity contribution in [3.05, 3.63) is 49.1 Å². The number of pyridine rings is 2. The molecule has 0 fully saturated rings. The smallest absolute Gasteiger partial charge is 0.152 e. The van der Waals surface area contributed by atoms with E-state index in [1.807, 2.05) is 24.7 Å². The predicted molar refractivity (Wildman–Crippen MR) is 97.5 cm³/mol. The Kier molecular flexibility index (Phi) is 3.41. The molecule has 4 aromatic rings. The molecule has 0 saturated carbocycles. The SMILES string of the molecule is CC(C)Cn1cnc2c(N)nc3ccc(-c4cccnc4)cc3c21. The summed E-state index contributed by atoms with van der Waals surface area (Å²) in [5.74, 6) is 1.00. The highest BCUT2D eigenvalue weighted by Gasteiger charge is 2.14. The molecule has 1 aromatic carbocycles. The van der Waals surface area contributed by atoms with Gasteiger partial charge in [0.1, 0.15) is 5.52 Å². The fourth-order valence-corrected chi connectivity index (χ4v) is 3.10. The van der Waals surface area contributed by atoms with Crippen molar-refractivity contribution in [2.24, 2.45) is 5.92 Å². The molecule has 4 rings (SSSR count). The lowest BCUT2D eigenvalue weighted by atomic mass is 10.0. The number of rotatable bonds is 3. The van der Waals surface area contributed by atoms with Gasteiger partial charge in [-0.3, -0.25) is 4.98 Å². The summed E-state index contributed by atoms with van der Waals surface area (Å²) in [5, 5.41) is 1.07. The van der Waals surface area contributed by atoms with Crippen molar-refractivity contribution in [1.29, 1.82) is 0 Å². The Morgan fingerprint density at radius 1 is 1.17 bits per heavy atom. The Hall–Kier alpha value is -2.95. The van der Waals surface area contributed by atoms with Crippen LogP contribution >= 0.6 is 0 Å². The van der Waals surface area contributed by atoms with Gasteiger partial charge in [0.25, 0.3) is 0 Å². The quantitative estimate of drug-likeness (QED) is 0.622. The Balaban J connectivity index is 2.02. The van der Waals surface area contributed by atoms with Gasteiger partial charge in [-0.2, -0.15) is 0 Å². The molecular formula is C19H19N5. The molecule has 0 aliphatic heterocycles. The predicted octanol–water partition coefficient (Wildman–Crippen LogP) is 3.88. The Morgan fingerprint density at radius 3 is 2.79 bits per heavy atom. The monoisotopic (exact) mass is 317 g/mol. The number of benzene rings is 1. The van der Waals surface area contributed by atoms with Gasteiger partial charge < -0.3 is 10.3 Å². The first-order valence-electron chi connectivity index (χ1n) is 8.08. The maximum Gasteiger partial charge on any atom is 0.152 e. The zero-order chi connectivity index (χ0) is 16.7. The highest BCUT2D eigenvalue weighted by molar-refractivity contribution is 6.07. The average Bonchev–Trinajstić information content (AvgIpc) is 2.99. The highest BCUT2D eigenvalue weighted by atomic mass is 15.1. The molecule has 0 bridgehead atoms. The third-order valence-electron chi connectivity index (χ3n) is 4.13. The van der Waals surface area contributed by atoms with Crippen molar-refractivity contribution < 1.29 is 0 Å². The molecule has 0 saturated heterocycles. The maximum atomic E-state index is 6.12. The summed E-state index contributed by atoms with van der Waals surface area (Å²) < 4.78 is 2.17. The standard InChI is InChI=1S/C19H19N5/c1-12(2)10-24-11-22-17-18(24)15-8-13(14-4-3-7-21-9-14)5-6-16(15)23-19(17)20/h3-9,11-12H,10H2,1-2H3,(H2,20,23). The van der Waals surface area contributed by atoms with Crippen LogP contribution in [0.25, 0.3) is 33.1 Å². The normalized spacial score (nSPS) is 11.6. The Morgan fingerprint density at radius 2 is 2.04 bits per heavy atom. The number of imidazole rings is 1. The first kappa shape index (κ1) is 14.6. The molecule has 0 amide bonds. The van der Waals surface area contributed by atoms with E-state index < -0.39 is 0 Å². The number of hydrogen-bond donors (Lipinski definition) is 1. The van der Waals surface area contributed by atoms with Gasteiger partial charge in [-0.25, -0.2) is 9.97 Å². The van der Waals surface area contributed by atoms with Crippen LogP contribution in [0.4, 0.5) is 5.82 Å². The van der Waals surface area contributed by atoms with E-state index in [4.69, 9.17) is 5.73 Å². The van der Waals surface area contributed by atoms with Crippen molar-refractivity contribution in [2.45, 2.75) is 20.4 Å². The largest absolute Gasteiger partial charge is 0.382 e. The maximum absolute atomic E-state index is 6.12. The summed E-state index contributed by atoms with van der Waals surface area (Å²) in [6, 6.07) is 10.2. The van der Waals surface area contributed by atoms with E-state index in [9.17, 15) is 0 Å². The molecule has 0 aliphatic rings. The van der Waals surface area contributed by atoms with Crippen molar-refractivity contribution in [2.75, 3.05) is 5.73 Å². The molecule has 0 radical (unpaired) electrons. The van der Waals surface area contributed by atoms with E-state index in [1.165, 1.54) is 0 Å². The summed E-state index contributed by atoms with van der Waals surface area (Å²) in [7, 11) is 0. The van der Waals surface area contributed by atoms with Gasteiger partial charge in [-0.1, -0.05) is 26.0 Å². The number of hydrogen-bond acceptors (Lipinski definition) is 4. The topological polar surface area (TPSA) is 69.6 Å². The first-order valence-corrected chi connectivity index (χ1v) is 8.08. The number of nitrogens with zero attached hydrogens (tertiary/aromatic N) is 4. The van der Waals surface area contributed by atoms with Gasteiger partial charge in [0.2, 0.25) is 0 Å². The van der Waals surface area contributed by atoms with Crippen LogP contribution in [-0.4, -0.2) is 19.5 Å². The van der Waals surface area contributed by atoms with Crippen LogP contribution in [0.3, 0.4) is 0 Å². The van der Waals surface area contributed by atoms with E-state index in [0.717, 1.165) is 39.6 Å². The van der Waals surface area contributed by atoms with Gasteiger partial charge in [0.05, 0.1) is 17.4 Å². The second kappa shape index (κ2) is 5.60.